The number of aryl methyl sites for hydroxylation is 1. The summed E-state index contributed by atoms with van der Waals surface area (Å²) in [5.74, 6) is 0.525. The van der Waals surface area contributed by atoms with E-state index in [0.717, 1.165) is 12.2 Å². The van der Waals surface area contributed by atoms with Gasteiger partial charge in [0.2, 0.25) is 0 Å². The molecule has 0 unspecified atom stereocenters. The summed E-state index contributed by atoms with van der Waals surface area (Å²) < 4.78 is 65.9. The second-order valence-corrected chi connectivity index (χ2v) is 12.6. The van der Waals surface area contributed by atoms with Crippen molar-refractivity contribution in [2.75, 3.05) is 145 Å². The molecular weight excluding hydrogens is 724 g/mol. The largest absolute Gasteiger partial charge is 0.491 e. The zero-order valence-electron chi connectivity index (χ0n) is 34.0. The third-order valence-electron chi connectivity index (χ3n) is 8.06. The molecule has 2 rings (SSSR count). The lowest BCUT2D eigenvalue weighted by atomic mass is 10.0. The van der Waals surface area contributed by atoms with Crippen LogP contribution in [0.4, 0.5) is 0 Å². The van der Waals surface area contributed by atoms with Gasteiger partial charge < -0.3 is 56.8 Å². The summed E-state index contributed by atoms with van der Waals surface area (Å²) in [7, 11) is 0. The lowest BCUT2D eigenvalue weighted by Crippen LogP contribution is -2.15. The number of ether oxygens (including phenoxy) is 12. The number of unbranched alkanes of at least 4 members (excludes halogenated alkanes) is 5. The van der Waals surface area contributed by atoms with Crippen LogP contribution in [0.3, 0.4) is 0 Å². The van der Waals surface area contributed by atoms with E-state index in [1.807, 2.05) is 18.2 Å². The van der Waals surface area contributed by atoms with Gasteiger partial charge in [-0.3, -0.25) is 0 Å². The minimum absolute atomic E-state index is 0.201. The fraction of sp³-hybridized carbons (Fsp3) is 0.698. The van der Waals surface area contributed by atoms with Gasteiger partial charge in [-0.15, -0.1) is 0 Å². The highest BCUT2D eigenvalue weighted by Gasteiger charge is 2.05. The maximum atomic E-state index is 11.8. The molecule has 0 N–H and O–H groups in total. The van der Waals surface area contributed by atoms with E-state index in [4.69, 9.17) is 56.8 Å². The van der Waals surface area contributed by atoms with Crippen LogP contribution in [0.25, 0.3) is 0 Å². The van der Waals surface area contributed by atoms with Crippen LogP contribution in [0.1, 0.15) is 61.4 Å². The molecule has 320 valence electrons. The first kappa shape index (κ1) is 49.5. The molecule has 13 heteroatoms. The quantitative estimate of drug-likeness (QED) is 0.0577. The van der Waals surface area contributed by atoms with Crippen molar-refractivity contribution >= 4 is 5.97 Å². The summed E-state index contributed by atoms with van der Waals surface area (Å²) >= 11 is 0. The summed E-state index contributed by atoms with van der Waals surface area (Å²) in [6.45, 7) is 12.7. The highest BCUT2D eigenvalue weighted by molar-refractivity contribution is 5.89. The Hall–Kier alpha value is -2.69. The van der Waals surface area contributed by atoms with E-state index in [9.17, 15) is 4.79 Å². The predicted molar refractivity (Wildman–Crippen MR) is 214 cm³/mol. The van der Waals surface area contributed by atoms with Crippen LogP contribution in [0, 0.1) is 0 Å². The van der Waals surface area contributed by atoms with Crippen LogP contribution < -0.4 is 4.74 Å². The van der Waals surface area contributed by atoms with Crippen molar-refractivity contribution in [3.63, 3.8) is 0 Å². The molecule has 0 aromatic heterocycles. The molecule has 0 bridgehead atoms. The third kappa shape index (κ3) is 31.4. The lowest BCUT2D eigenvalue weighted by molar-refractivity contribution is -0.0273. The summed E-state index contributed by atoms with van der Waals surface area (Å²) in [6, 6.07) is 17.3. The van der Waals surface area contributed by atoms with Gasteiger partial charge >= 0.3 is 5.97 Å². The van der Waals surface area contributed by atoms with Gasteiger partial charge in [0.15, 0.2) is 0 Å². The van der Waals surface area contributed by atoms with E-state index in [0.29, 0.717) is 144 Å². The summed E-state index contributed by atoms with van der Waals surface area (Å²) in [5, 5.41) is 0. The molecule has 0 fully saturated rings. The summed E-state index contributed by atoms with van der Waals surface area (Å²) in [6.07, 6.45) is 9.06. The van der Waals surface area contributed by atoms with E-state index in [2.05, 4.69) is 19.1 Å². The van der Waals surface area contributed by atoms with E-state index in [1.165, 1.54) is 44.1 Å². The van der Waals surface area contributed by atoms with Gasteiger partial charge in [0, 0.05) is 0 Å². The highest BCUT2D eigenvalue weighted by Crippen LogP contribution is 2.15. The molecule has 56 heavy (non-hydrogen) atoms. The SMILES string of the molecule is CCCCCCCCc1ccc(OCCOCCOCCOCCOCCOCCOCCOCCOCCOCCOCCOC(=O)c2ccccc2)cc1. The first-order valence-corrected chi connectivity index (χ1v) is 20.5. The molecule has 0 saturated heterocycles. The third-order valence-corrected chi connectivity index (χ3v) is 8.06. The molecule has 13 nitrogen and oxygen atoms in total. The van der Waals surface area contributed by atoms with Crippen molar-refractivity contribution in [1.82, 2.24) is 0 Å². The van der Waals surface area contributed by atoms with Gasteiger partial charge in [0.1, 0.15) is 19.0 Å². The number of hydrogen-bond donors (Lipinski definition) is 0. The number of carbonyl (C=O) groups excluding carboxylic acids is 1. The fourth-order valence-corrected chi connectivity index (χ4v) is 5.01. The number of rotatable bonds is 42. The maximum Gasteiger partial charge on any atom is 0.338 e. The molecule has 0 aliphatic heterocycles. The zero-order valence-corrected chi connectivity index (χ0v) is 34.0. The zero-order chi connectivity index (χ0) is 39.7. The van der Waals surface area contributed by atoms with Crippen molar-refractivity contribution in [2.24, 2.45) is 0 Å². The van der Waals surface area contributed by atoms with Crippen molar-refractivity contribution in [3.8, 4) is 5.75 Å². The normalized spacial score (nSPS) is 11.3. The van der Waals surface area contributed by atoms with Crippen LogP contribution in [-0.4, -0.2) is 151 Å². The minimum Gasteiger partial charge on any atom is -0.491 e. The number of benzene rings is 2. The van der Waals surface area contributed by atoms with E-state index < -0.39 is 0 Å². The Morgan fingerprint density at radius 1 is 0.393 bits per heavy atom. The van der Waals surface area contributed by atoms with E-state index >= 15 is 0 Å². The number of hydrogen-bond acceptors (Lipinski definition) is 13. The molecule has 0 spiro atoms. The van der Waals surface area contributed by atoms with Gasteiger partial charge in [0.05, 0.1) is 138 Å². The number of carbonyl (C=O) groups is 1. The van der Waals surface area contributed by atoms with Gasteiger partial charge in [-0.1, -0.05) is 69.4 Å². The average molecular weight is 795 g/mol. The lowest BCUT2D eigenvalue weighted by Gasteiger charge is -2.09. The van der Waals surface area contributed by atoms with Gasteiger partial charge in [-0.25, -0.2) is 4.79 Å². The van der Waals surface area contributed by atoms with E-state index in [-0.39, 0.29) is 12.6 Å². The molecular formula is C43H70O13. The van der Waals surface area contributed by atoms with Crippen LogP contribution in [-0.2, 0) is 58.5 Å². The first-order chi connectivity index (χ1) is 27.8. The van der Waals surface area contributed by atoms with Crippen LogP contribution in [0.2, 0.25) is 0 Å². The Kier molecular flexibility index (Phi) is 34.6. The van der Waals surface area contributed by atoms with Gasteiger partial charge in [0.25, 0.3) is 0 Å². The Balaban J connectivity index is 1.17. The van der Waals surface area contributed by atoms with Crippen LogP contribution in [0.15, 0.2) is 54.6 Å². The van der Waals surface area contributed by atoms with Crippen molar-refractivity contribution < 1.29 is 61.6 Å². The van der Waals surface area contributed by atoms with Crippen molar-refractivity contribution in [3.05, 3.63) is 65.7 Å². The standard InChI is InChI=1S/C43H70O13/c1-2-3-4-5-6-8-11-40-14-16-42(17-15-40)55-38-36-53-34-32-51-30-28-49-26-24-47-22-20-45-18-19-46-21-23-48-25-27-50-29-31-52-33-35-54-37-39-56-43(44)41-12-9-7-10-13-41/h7,9-10,12-17H,2-6,8,11,18-39H2,1H3. The number of esters is 1. The predicted octanol–water partition coefficient (Wildman–Crippen LogP) is 5.99. The average Bonchev–Trinajstić information content (AvgIpc) is 3.23. The smallest absolute Gasteiger partial charge is 0.338 e. The molecule has 0 heterocycles. The molecule has 0 saturated carbocycles. The first-order valence-electron chi connectivity index (χ1n) is 20.5. The summed E-state index contributed by atoms with van der Waals surface area (Å²) in [4.78, 5) is 11.8. The van der Waals surface area contributed by atoms with E-state index in [1.54, 1.807) is 24.3 Å². The Morgan fingerprint density at radius 2 is 0.750 bits per heavy atom. The van der Waals surface area contributed by atoms with Crippen molar-refractivity contribution in [2.45, 2.75) is 51.9 Å². The molecule has 0 aliphatic carbocycles. The monoisotopic (exact) mass is 794 g/mol. The Labute approximate surface area is 335 Å². The molecule has 0 amide bonds. The van der Waals surface area contributed by atoms with Crippen LogP contribution in [0.5, 0.6) is 5.75 Å². The minimum atomic E-state index is -0.356. The molecule has 0 radical (unpaired) electrons. The molecule has 0 aliphatic rings. The molecule has 2 aromatic carbocycles. The van der Waals surface area contributed by atoms with Gasteiger partial charge in [-0.05, 0) is 42.7 Å². The second-order valence-electron chi connectivity index (χ2n) is 12.6. The second kappa shape index (κ2) is 39.2. The Morgan fingerprint density at radius 3 is 1.16 bits per heavy atom. The van der Waals surface area contributed by atoms with Crippen molar-refractivity contribution in [1.29, 1.82) is 0 Å². The summed E-state index contributed by atoms with van der Waals surface area (Å²) in [5.41, 5.74) is 1.90. The molecule has 0 atom stereocenters. The highest BCUT2D eigenvalue weighted by atomic mass is 16.6. The van der Waals surface area contributed by atoms with Gasteiger partial charge in [-0.2, -0.15) is 0 Å². The topological polar surface area (TPSA) is 128 Å². The Bertz CT molecular complexity index is 1110. The fourth-order valence-electron chi connectivity index (χ4n) is 5.01. The maximum absolute atomic E-state index is 11.8. The van der Waals surface area contributed by atoms with Crippen LogP contribution >= 0.6 is 0 Å². The molecule has 2 aromatic rings.